The number of ether oxygens (including phenoxy) is 5. The maximum atomic E-state index is 13.2. The van der Waals surface area contributed by atoms with Crippen molar-refractivity contribution in [3.63, 3.8) is 0 Å². The molecule has 212 valence electrons. The molecule has 4 saturated heterocycles. The van der Waals surface area contributed by atoms with Gasteiger partial charge in [0.05, 0.1) is 19.4 Å². The van der Waals surface area contributed by atoms with E-state index < -0.39 is 48.2 Å². The molecular formula is C27H34N2O10. The normalized spacial score (nSPS) is 29.7. The fourth-order valence-electron chi connectivity index (χ4n) is 5.43. The first kappa shape index (κ1) is 27.2. The molecule has 0 unspecified atom stereocenters. The van der Waals surface area contributed by atoms with Gasteiger partial charge in [0.25, 0.3) is 0 Å². The Kier molecular flexibility index (Phi) is 7.68. The lowest BCUT2D eigenvalue weighted by atomic mass is 9.96. The van der Waals surface area contributed by atoms with E-state index in [1.165, 1.54) is 24.3 Å². The van der Waals surface area contributed by atoms with Crippen molar-refractivity contribution in [3.05, 3.63) is 24.3 Å². The van der Waals surface area contributed by atoms with E-state index in [4.69, 9.17) is 23.7 Å². The van der Waals surface area contributed by atoms with Gasteiger partial charge in [-0.1, -0.05) is 0 Å². The topological polar surface area (TPSA) is 141 Å². The van der Waals surface area contributed by atoms with Crippen LogP contribution in [0.2, 0.25) is 0 Å². The van der Waals surface area contributed by atoms with Gasteiger partial charge in [0.2, 0.25) is 0 Å². The quantitative estimate of drug-likeness (QED) is 0.370. The number of nitrogens with zero attached hydrogens (tertiary/aromatic N) is 2. The number of hydrogen-bond donors (Lipinski definition) is 1. The van der Waals surface area contributed by atoms with E-state index in [2.05, 4.69) is 11.8 Å². The minimum Gasteiger partial charge on any atom is -0.494 e. The van der Waals surface area contributed by atoms with Crippen LogP contribution in [0, 0.1) is 0 Å². The molecule has 4 fully saturated rings. The Balaban J connectivity index is 1.10. The van der Waals surface area contributed by atoms with Gasteiger partial charge in [-0.15, -0.1) is 0 Å². The van der Waals surface area contributed by atoms with Crippen molar-refractivity contribution in [3.8, 4) is 11.5 Å². The fourth-order valence-corrected chi connectivity index (χ4v) is 5.43. The van der Waals surface area contributed by atoms with Gasteiger partial charge in [-0.25, -0.2) is 4.79 Å². The second kappa shape index (κ2) is 11.0. The van der Waals surface area contributed by atoms with Gasteiger partial charge in [0.15, 0.2) is 5.60 Å². The number of esters is 3. The highest BCUT2D eigenvalue weighted by Gasteiger charge is 2.64. The van der Waals surface area contributed by atoms with Crippen LogP contribution in [-0.4, -0.2) is 95.2 Å². The number of amides is 1. The van der Waals surface area contributed by atoms with Crippen molar-refractivity contribution in [1.82, 2.24) is 9.80 Å². The first-order valence-corrected chi connectivity index (χ1v) is 13.5. The fraction of sp³-hybridized carbons (Fsp3) is 0.630. The molecule has 0 saturated carbocycles. The highest BCUT2D eigenvalue weighted by molar-refractivity contribution is 5.98. The second-order valence-corrected chi connectivity index (χ2v) is 10.6. The van der Waals surface area contributed by atoms with Crippen LogP contribution in [0.1, 0.15) is 51.9 Å². The number of likely N-dealkylation sites (tertiary alicyclic amines) is 2. The standard InChI is InChI=1S/C27H34N2O10/c1-18-4-2-11-28(18)12-3-15-35-19-5-7-20(8-6-19)36-21-9-13-29(14-10-21)24(32)27-37-22(30)16-26(34,25(33)39-27)17-23(31)38-27/h5-8,18,21,34H,2-4,9-17H2,1H3/t18-,26?,27?/m1/s1. The van der Waals surface area contributed by atoms with Crippen LogP contribution >= 0.6 is 0 Å². The molecule has 1 amide bonds. The molecule has 0 radical (unpaired) electrons. The zero-order valence-electron chi connectivity index (χ0n) is 22.0. The third kappa shape index (κ3) is 5.96. The van der Waals surface area contributed by atoms with E-state index in [0.29, 0.717) is 31.2 Å². The van der Waals surface area contributed by atoms with E-state index in [9.17, 15) is 24.3 Å². The molecule has 39 heavy (non-hydrogen) atoms. The molecule has 1 N–H and O–H groups in total. The Morgan fingerprint density at radius 2 is 1.62 bits per heavy atom. The zero-order valence-corrected chi connectivity index (χ0v) is 22.0. The second-order valence-electron chi connectivity index (χ2n) is 10.6. The van der Waals surface area contributed by atoms with E-state index in [1.807, 2.05) is 24.3 Å². The van der Waals surface area contributed by atoms with Gasteiger partial charge in [-0.3, -0.25) is 14.4 Å². The van der Waals surface area contributed by atoms with Gasteiger partial charge in [-0.05, 0) is 57.0 Å². The summed E-state index contributed by atoms with van der Waals surface area (Å²) in [5.74, 6) is -5.92. The molecule has 1 aromatic rings. The minimum absolute atomic E-state index is 0.180. The highest BCUT2D eigenvalue weighted by atomic mass is 16.9. The first-order valence-electron chi connectivity index (χ1n) is 13.5. The Morgan fingerprint density at radius 3 is 2.23 bits per heavy atom. The van der Waals surface area contributed by atoms with E-state index in [-0.39, 0.29) is 19.2 Å². The number of fused-ring (bicyclic) bond motifs is 3. The molecule has 12 nitrogen and oxygen atoms in total. The number of rotatable bonds is 8. The maximum Gasteiger partial charge on any atom is 0.510 e. The van der Waals surface area contributed by atoms with Gasteiger partial charge >= 0.3 is 29.8 Å². The van der Waals surface area contributed by atoms with Crippen LogP contribution in [0.25, 0.3) is 0 Å². The first-order chi connectivity index (χ1) is 18.7. The molecule has 1 aromatic carbocycles. The summed E-state index contributed by atoms with van der Waals surface area (Å²) in [4.78, 5) is 53.7. The van der Waals surface area contributed by atoms with Crippen LogP contribution in [0.4, 0.5) is 0 Å². The van der Waals surface area contributed by atoms with Crippen LogP contribution in [0.15, 0.2) is 24.3 Å². The molecule has 4 heterocycles. The summed E-state index contributed by atoms with van der Waals surface area (Å²) in [6, 6.07) is 8.06. The van der Waals surface area contributed by atoms with Gasteiger partial charge < -0.3 is 38.6 Å². The average molecular weight is 547 g/mol. The number of carbonyl (C=O) groups excluding carboxylic acids is 4. The highest BCUT2D eigenvalue weighted by Crippen LogP contribution is 2.36. The van der Waals surface area contributed by atoms with Crippen LogP contribution in [0.3, 0.4) is 0 Å². The van der Waals surface area contributed by atoms with Gasteiger partial charge in [-0.2, -0.15) is 0 Å². The van der Waals surface area contributed by atoms with Crippen molar-refractivity contribution >= 4 is 23.8 Å². The molecule has 1 atom stereocenters. The molecule has 0 aromatic heterocycles. The number of aliphatic hydroxyl groups is 1. The summed E-state index contributed by atoms with van der Waals surface area (Å²) in [6.45, 7) is 5.49. The predicted octanol–water partition coefficient (Wildman–Crippen LogP) is 1.13. The molecule has 4 aliphatic rings. The van der Waals surface area contributed by atoms with Crippen molar-refractivity contribution in [2.75, 3.05) is 32.8 Å². The van der Waals surface area contributed by atoms with Crippen molar-refractivity contribution < 1.29 is 48.0 Å². The largest absolute Gasteiger partial charge is 0.510 e. The number of carbonyl (C=O) groups is 4. The average Bonchev–Trinajstić information content (AvgIpc) is 3.23. The van der Waals surface area contributed by atoms with E-state index in [1.54, 1.807) is 0 Å². The zero-order chi connectivity index (χ0) is 27.6. The van der Waals surface area contributed by atoms with Crippen LogP contribution in [0.5, 0.6) is 11.5 Å². The summed E-state index contributed by atoms with van der Waals surface area (Å²) in [5, 5.41) is 10.4. The molecule has 0 aliphatic carbocycles. The van der Waals surface area contributed by atoms with Crippen molar-refractivity contribution in [2.24, 2.45) is 0 Å². The van der Waals surface area contributed by atoms with E-state index in [0.717, 1.165) is 18.7 Å². The van der Waals surface area contributed by atoms with Crippen molar-refractivity contribution in [1.29, 1.82) is 0 Å². The Morgan fingerprint density at radius 1 is 0.974 bits per heavy atom. The SMILES string of the molecule is C[C@@H]1CCCN1CCCOc1ccc(OC2CCN(C(=O)C34OC(=O)CC(O)(CC(=O)O3)C(=O)O4)CC2)cc1. The van der Waals surface area contributed by atoms with Crippen molar-refractivity contribution in [2.45, 2.75) is 75.6 Å². The smallest absolute Gasteiger partial charge is 0.494 e. The molecule has 4 aliphatic heterocycles. The van der Waals surface area contributed by atoms with Gasteiger partial charge in [0, 0.05) is 38.5 Å². The van der Waals surface area contributed by atoms with Crippen LogP contribution < -0.4 is 9.47 Å². The summed E-state index contributed by atoms with van der Waals surface area (Å²) in [6.07, 6.45) is 2.57. The Labute approximate surface area is 226 Å². The monoisotopic (exact) mass is 546 g/mol. The summed E-state index contributed by atoms with van der Waals surface area (Å²) < 4.78 is 26.8. The predicted molar refractivity (Wildman–Crippen MR) is 132 cm³/mol. The van der Waals surface area contributed by atoms with Crippen LogP contribution in [-0.2, 0) is 33.4 Å². The summed E-state index contributed by atoms with van der Waals surface area (Å²) in [7, 11) is 0. The number of hydrogen-bond acceptors (Lipinski definition) is 11. The third-order valence-corrected chi connectivity index (χ3v) is 7.64. The number of benzene rings is 1. The molecule has 5 rings (SSSR count). The number of piperidine rings is 1. The Hall–Kier alpha value is -3.38. The maximum absolute atomic E-state index is 13.2. The lowest BCUT2D eigenvalue weighted by molar-refractivity contribution is -0.310. The molecule has 2 bridgehead atoms. The lowest BCUT2D eigenvalue weighted by Crippen LogP contribution is -2.57. The minimum atomic E-state index is -2.87. The summed E-state index contributed by atoms with van der Waals surface area (Å²) in [5.41, 5.74) is -2.43. The summed E-state index contributed by atoms with van der Waals surface area (Å²) >= 11 is 0. The molecular weight excluding hydrogens is 512 g/mol. The third-order valence-electron chi connectivity index (χ3n) is 7.64. The molecule has 12 heteroatoms. The lowest BCUT2D eigenvalue weighted by Gasteiger charge is -2.36. The Bertz CT molecular complexity index is 1080. The molecule has 0 spiro atoms. The van der Waals surface area contributed by atoms with Gasteiger partial charge in [0.1, 0.15) is 17.6 Å². The van der Waals surface area contributed by atoms with E-state index >= 15 is 0 Å².